The topological polar surface area (TPSA) is 73.5 Å². The van der Waals surface area contributed by atoms with Crippen LogP contribution in [0.3, 0.4) is 0 Å². The van der Waals surface area contributed by atoms with Crippen LogP contribution in [0.5, 0.6) is 0 Å². The summed E-state index contributed by atoms with van der Waals surface area (Å²) in [4.78, 5) is 25.7. The van der Waals surface area contributed by atoms with Crippen LogP contribution in [0.25, 0.3) is 11.1 Å². The highest BCUT2D eigenvalue weighted by molar-refractivity contribution is 6.09. The van der Waals surface area contributed by atoms with Gasteiger partial charge in [0.1, 0.15) is 5.82 Å². The average molecular weight is 432 g/mol. The van der Waals surface area contributed by atoms with E-state index in [9.17, 15) is 14.0 Å². The molecule has 162 valence electrons. The van der Waals surface area contributed by atoms with Gasteiger partial charge < -0.3 is 19.0 Å². The third-order valence-electron chi connectivity index (χ3n) is 4.86. The zero-order chi connectivity index (χ0) is 22.5. The Labute approximate surface area is 184 Å². The van der Waals surface area contributed by atoms with Gasteiger partial charge in [0.15, 0.2) is 11.5 Å². The molecule has 0 fully saturated rings. The molecule has 0 bridgehead atoms. The summed E-state index contributed by atoms with van der Waals surface area (Å²) in [7, 11) is 0. The minimum Gasteiger partial charge on any atom is -0.461 e. The molecule has 0 atom stereocenters. The maximum atomic E-state index is 14.0. The molecule has 1 N–H and O–H groups in total. The first-order valence-electron chi connectivity index (χ1n) is 10.1. The van der Waals surface area contributed by atoms with Crippen molar-refractivity contribution in [3.8, 4) is 11.1 Å². The number of furan rings is 1. The Morgan fingerprint density at radius 1 is 1.06 bits per heavy atom. The van der Waals surface area contributed by atoms with Crippen molar-refractivity contribution in [2.24, 2.45) is 0 Å². The molecule has 0 saturated carbocycles. The standard InChI is InChI=1S/C25H21FN2O4/c1-2-31-25(30)23-22(27-24(29)21-12-7-13-32-21)20(18-10-6-11-19(26)14-18)16-28(23)15-17-8-4-3-5-9-17/h3-14,16H,2,15H2,1H3,(H,27,29). The van der Waals surface area contributed by atoms with E-state index in [0.717, 1.165) is 5.56 Å². The zero-order valence-corrected chi connectivity index (χ0v) is 17.4. The predicted molar refractivity (Wildman–Crippen MR) is 118 cm³/mol. The van der Waals surface area contributed by atoms with Crippen molar-refractivity contribution in [3.05, 3.63) is 102 Å². The van der Waals surface area contributed by atoms with Gasteiger partial charge in [-0.15, -0.1) is 0 Å². The highest BCUT2D eigenvalue weighted by Crippen LogP contribution is 2.35. The number of halogens is 1. The fourth-order valence-electron chi connectivity index (χ4n) is 3.46. The summed E-state index contributed by atoms with van der Waals surface area (Å²) in [6.45, 7) is 2.22. The molecule has 4 aromatic rings. The molecule has 32 heavy (non-hydrogen) atoms. The highest BCUT2D eigenvalue weighted by Gasteiger charge is 2.26. The van der Waals surface area contributed by atoms with E-state index in [1.54, 1.807) is 35.9 Å². The van der Waals surface area contributed by atoms with Crippen molar-refractivity contribution in [3.63, 3.8) is 0 Å². The van der Waals surface area contributed by atoms with Crippen LogP contribution in [0.15, 0.2) is 83.6 Å². The lowest BCUT2D eigenvalue weighted by atomic mass is 10.1. The first-order valence-corrected chi connectivity index (χ1v) is 10.1. The average Bonchev–Trinajstić information content (AvgIpc) is 3.43. The number of ether oxygens (including phenoxy) is 1. The minimum absolute atomic E-state index is 0.0841. The molecule has 7 heteroatoms. The van der Waals surface area contributed by atoms with E-state index >= 15 is 0 Å². The van der Waals surface area contributed by atoms with E-state index < -0.39 is 17.7 Å². The quantitative estimate of drug-likeness (QED) is 0.399. The van der Waals surface area contributed by atoms with Crippen molar-refractivity contribution >= 4 is 17.6 Å². The lowest BCUT2D eigenvalue weighted by Crippen LogP contribution is -2.18. The number of esters is 1. The molecular formula is C25H21FN2O4. The second kappa shape index (κ2) is 9.34. The molecule has 6 nitrogen and oxygen atoms in total. The molecule has 0 aliphatic heterocycles. The van der Waals surface area contributed by atoms with Crippen molar-refractivity contribution in [1.29, 1.82) is 0 Å². The summed E-state index contributed by atoms with van der Waals surface area (Å²) >= 11 is 0. The van der Waals surface area contributed by atoms with E-state index in [4.69, 9.17) is 9.15 Å². The van der Waals surface area contributed by atoms with Crippen molar-refractivity contribution in [2.45, 2.75) is 13.5 Å². The molecule has 2 heterocycles. The number of nitrogens with zero attached hydrogens (tertiary/aromatic N) is 1. The first kappa shape index (κ1) is 21.1. The zero-order valence-electron chi connectivity index (χ0n) is 17.4. The maximum Gasteiger partial charge on any atom is 0.357 e. The van der Waals surface area contributed by atoms with E-state index in [1.165, 1.54) is 24.5 Å². The van der Waals surface area contributed by atoms with Gasteiger partial charge in [-0.05, 0) is 42.3 Å². The van der Waals surface area contributed by atoms with Crippen molar-refractivity contribution in [2.75, 3.05) is 11.9 Å². The Balaban J connectivity index is 1.87. The van der Waals surface area contributed by atoms with Gasteiger partial charge in [0.05, 0.1) is 18.6 Å². The SMILES string of the molecule is CCOC(=O)c1c(NC(=O)c2ccco2)c(-c2cccc(F)c2)cn1Cc1ccccc1. The Bertz CT molecular complexity index is 1230. The number of nitrogens with one attached hydrogen (secondary N) is 1. The molecular weight excluding hydrogens is 411 g/mol. The molecule has 1 amide bonds. The Morgan fingerprint density at radius 2 is 1.88 bits per heavy atom. The second-order valence-corrected chi connectivity index (χ2v) is 7.04. The predicted octanol–water partition coefficient (Wildman–Crippen LogP) is 5.36. The summed E-state index contributed by atoms with van der Waals surface area (Å²) in [6, 6.07) is 18.6. The normalized spacial score (nSPS) is 10.7. The van der Waals surface area contributed by atoms with Crippen LogP contribution in [0, 0.1) is 5.82 Å². The van der Waals surface area contributed by atoms with E-state index in [1.807, 2.05) is 30.3 Å². The third-order valence-corrected chi connectivity index (χ3v) is 4.86. The molecule has 0 aliphatic carbocycles. The van der Waals surface area contributed by atoms with Crippen LogP contribution in [-0.4, -0.2) is 23.1 Å². The van der Waals surface area contributed by atoms with Crippen molar-refractivity contribution < 1.29 is 23.1 Å². The van der Waals surface area contributed by atoms with Gasteiger partial charge in [-0.1, -0.05) is 42.5 Å². The molecule has 4 rings (SSSR count). The van der Waals surface area contributed by atoms with Gasteiger partial charge in [-0.2, -0.15) is 0 Å². The van der Waals surface area contributed by atoms with E-state index in [2.05, 4.69) is 5.32 Å². The van der Waals surface area contributed by atoms with Crippen LogP contribution in [0.2, 0.25) is 0 Å². The number of hydrogen-bond donors (Lipinski definition) is 1. The number of carbonyl (C=O) groups is 2. The van der Waals surface area contributed by atoms with Crippen LogP contribution in [0.4, 0.5) is 10.1 Å². The van der Waals surface area contributed by atoms with Gasteiger partial charge in [0.2, 0.25) is 0 Å². The summed E-state index contributed by atoms with van der Waals surface area (Å²) in [5, 5.41) is 2.77. The third kappa shape index (κ3) is 4.46. The molecule has 0 unspecified atom stereocenters. The largest absolute Gasteiger partial charge is 0.461 e. The van der Waals surface area contributed by atoms with Crippen LogP contribution < -0.4 is 5.32 Å². The van der Waals surface area contributed by atoms with E-state index in [0.29, 0.717) is 17.7 Å². The minimum atomic E-state index is -0.596. The van der Waals surface area contributed by atoms with Gasteiger partial charge >= 0.3 is 5.97 Å². The van der Waals surface area contributed by atoms with Crippen LogP contribution >= 0.6 is 0 Å². The summed E-state index contributed by atoms with van der Waals surface area (Å²) in [5.74, 6) is -1.48. The van der Waals surface area contributed by atoms with Gasteiger partial charge in [-0.25, -0.2) is 9.18 Å². The van der Waals surface area contributed by atoms with Crippen molar-refractivity contribution in [1.82, 2.24) is 4.57 Å². The Kier molecular flexibility index (Phi) is 6.17. The molecule has 2 aromatic heterocycles. The molecule has 0 saturated heterocycles. The molecule has 0 aliphatic rings. The second-order valence-electron chi connectivity index (χ2n) is 7.04. The number of rotatable bonds is 7. The lowest BCUT2D eigenvalue weighted by Gasteiger charge is -2.12. The van der Waals surface area contributed by atoms with E-state index in [-0.39, 0.29) is 23.7 Å². The number of hydrogen-bond acceptors (Lipinski definition) is 4. The summed E-state index contributed by atoms with van der Waals surface area (Å²) in [6.07, 6.45) is 3.10. The van der Waals surface area contributed by atoms with Gasteiger partial charge in [0, 0.05) is 18.3 Å². The monoisotopic (exact) mass is 432 g/mol. The number of benzene rings is 2. The fraction of sp³-hybridized carbons (Fsp3) is 0.120. The van der Waals surface area contributed by atoms with Crippen LogP contribution in [0.1, 0.15) is 33.5 Å². The number of aromatic nitrogens is 1. The fourth-order valence-corrected chi connectivity index (χ4v) is 3.46. The summed E-state index contributed by atoms with van der Waals surface area (Å²) in [5.41, 5.74) is 2.34. The smallest absolute Gasteiger partial charge is 0.357 e. The Hall–Kier alpha value is -4.13. The van der Waals surface area contributed by atoms with Crippen LogP contribution in [-0.2, 0) is 11.3 Å². The number of amides is 1. The number of anilines is 1. The maximum absolute atomic E-state index is 14.0. The van der Waals surface area contributed by atoms with Gasteiger partial charge in [0.25, 0.3) is 5.91 Å². The molecule has 0 spiro atoms. The van der Waals surface area contributed by atoms with Gasteiger partial charge in [-0.3, -0.25) is 4.79 Å². The highest BCUT2D eigenvalue weighted by atomic mass is 19.1. The molecule has 2 aromatic carbocycles. The Morgan fingerprint density at radius 3 is 2.56 bits per heavy atom. The summed E-state index contributed by atoms with van der Waals surface area (Å²) < 4.78 is 26.2. The lowest BCUT2D eigenvalue weighted by molar-refractivity contribution is 0.0515. The number of carbonyl (C=O) groups excluding carboxylic acids is 2. The first-order chi connectivity index (χ1) is 15.6. The molecule has 0 radical (unpaired) electrons.